The molecular weight excluding hydrogens is 1400 g/mol. The number of ether oxygens (including phenoxy) is 4. The van der Waals surface area contributed by atoms with E-state index in [9.17, 15) is 43.2 Å². The summed E-state index contributed by atoms with van der Waals surface area (Å²) in [4.78, 5) is 73.2. The van der Waals surface area contributed by atoms with E-state index in [2.05, 4.69) is 41.5 Å². The number of carbonyl (C=O) groups is 4. The molecule has 0 aromatic rings. The third-order valence-corrected chi connectivity index (χ3v) is 23.2. The van der Waals surface area contributed by atoms with E-state index in [4.69, 9.17) is 37.0 Å². The summed E-state index contributed by atoms with van der Waals surface area (Å²) in [5.41, 5.74) is 0. The summed E-state index contributed by atoms with van der Waals surface area (Å²) in [6.07, 6.45) is 73.7. The van der Waals surface area contributed by atoms with Crippen LogP contribution in [-0.4, -0.2) is 96.7 Å². The first-order chi connectivity index (χ1) is 52.4. The molecule has 0 aliphatic carbocycles. The zero-order valence-electron chi connectivity index (χ0n) is 71.2. The Kier molecular flexibility index (Phi) is 78.8. The minimum atomic E-state index is -4.97. The Bertz CT molecular complexity index is 2070. The van der Waals surface area contributed by atoms with E-state index in [-0.39, 0.29) is 25.7 Å². The predicted octanol–water partition coefficient (Wildman–Crippen LogP) is 27.4. The van der Waals surface area contributed by atoms with Gasteiger partial charge in [0.2, 0.25) is 0 Å². The average molecular weight is 1580 g/mol. The highest BCUT2D eigenvalue weighted by atomic mass is 31.2. The Morgan fingerprint density at radius 2 is 0.472 bits per heavy atom. The van der Waals surface area contributed by atoms with Crippen LogP contribution in [0.5, 0.6) is 0 Å². The van der Waals surface area contributed by atoms with E-state index in [0.29, 0.717) is 25.7 Å². The molecule has 0 rings (SSSR count). The summed E-state index contributed by atoms with van der Waals surface area (Å²) >= 11 is 0. The van der Waals surface area contributed by atoms with E-state index in [1.54, 1.807) is 0 Å². The van der Waals surface area contributed by atoms with Crippen molar-refractivity contribution in [2.45, 2.75) is 496 Å². The Hall–Kier alpha value is -1.94. The monoisotopic (exact) mass is 1580 g/mol. The minimum Gasteiger partial charge on any atom is -0.462 e. The van der Waals surface area contributed by atoms with Gasteiger partial charge in [0.1, 0.15) is 19.3 Å². The fourth-order valence-electron chi connectivity index (χ4n) is 13.9. The molecule has 3 N–H and O–H groups in total. The zero-order chi connectivity index (χ0) is 79.2. The molecule has 0 amide bonds. The lowest BCUT2D eigenvalue weighted by atomic mass is 9.99. The van der Waals surface area contributed by atoms with Crippen LogP contribution >= 0.6 is 15.6 Å². The van der Waals surface area contributed by atoms with Gasteiger partial charge in [0, 0.05) is 25.7 Å². The highest BCUT2D eigenvalue weighted by molar-refractivity contribution is 7.47. The highest BCUT2D eigenvalue weighted by Gasteiger charge is 2.31. The second-order valence-electron chi connectivity index (χ2n) is 32.7. The molecule has 3 unspecified atom stereocenters. The molecule has 108 heavy (non-hydrogen) atoms. The Balaban J connectivity index is 5.20. The number of phosphoric acid groups is 2. The highest BCUT2D eigenvalue weighted by Crippen LogP contribution is 2.45. The predicted molar refractivity (Wildman–Crippen MR) is 446 cm³/mol. The first kappa shape index (κ1) is 106. The lowest BCUT2D eigenvalue weighted by Gasteiger charge is -2.21. The molecule has 0 aliphatic rings. The summed E-state index contributed by atoms with van der Waals surface area (Å²) < 4.78 is 68.9. The van der Waals surface area contributed by atoms with Crippen molar-refractivity contribution in [3.63, 3.8) is 0 Å². The van der Waals surface area contributed by atoms with Crippen LogP contribution in [-0.2, 0) is 65.4 Å². The molecule has 6 atom stereocenters. The molecule has 0 bridgehead atoms. The van der Waals surface area contributed by atoms with Crippen molar-refractivity contribution in [3.8, 4) is 0 Å². The van der Waals surface area contributed by atoms with Gasteiger partial charge in [-0.05, 0) is 37.5 Å². The van der Waals surface area contributed by atoms with Gasteiger partial charge in [0.15, 0.2) is 12.2 Å². The van der Waals surface area contributed by atoms with Gasteiger partial charge < -0.3 is 33.8 Å². The minimum absolute atomic E-state index is 0.108. The van der Waals surface area contributed by atoms with Crippen LogP contribution in [0.1, 0.15) is 478 Å². The lowest BCUT2D eigenvalue weighted by molar-refractivity contribution is -0.161. The third kappa shape index (κ3) is 80.7. The van der Waals surface area contributed by atoms with Gasteiger partial charge in [0.05, 0.1) is 26.4 Å². The van der Waals surface area contributed by atoms with Gasteiger partial charge in [-0.3, -0.25) is 37.3 Å². The van der Waals surface area contributed by atoms with Crippen LogP contribution in [0.3, 0.4) is 0 Å². The molecule has 0 spiro atoms. The molecule has 0 saturated heterocycles. The average Bonchev–Trinajstić information content (AvgIpc) is 0.901. The summed E-state index contributed by atoms with van der Waals surface area (Å²) in [5.74, 6) is -0.443. The molecule has 17 nitrogen and oxygen atoms in total. The number of rotatable bonds is 88. The summed E-state index contributed by atoms with van der Waals surface area (Å²) in [6, 6.07) is 0. The SMILES string of the molecule is CCCCCCCCCCCCCCCCCCCCCCCC(=O)OC[C@H](COP(=O)(O)OC[C@@H](O)COP(=O)(O)OC[C@@H](COC(=O)CCCCCCCCCCC)OC(=O)CCCCCCCCCCCCCCCC(C)C)OC(=O)CCCCCCCCCCCCCCCCCCCCC(C)CC. The number of aliphatic hydroxyl groups is 1. The zero-order valence-corrected chi connectivity index (χ0v) is 73.0. The topological polar surface area (TPSA) is 237 Å². The van der Waals surface area contributed by atoms with Crippen molar-refractivity contribution < 1.29 is 80.2 Å². The number of carbonyl (C=O) groups excluding carboxylic acids is 4. The van der Waals surface area contributed by atoms with Gasteiger partial charge in [-0.2, -0.15) is 0 Å². The van der Waals surface area contributed by atoms with E-state index >= 15 is 0 Å². The van der Waals surface area contributed by atoms with E-state index in [1.807, 2.05) is 0 Å². The largest absolute Gasteiger partial charge is 0.472 e. The quantitative estimate of drug-likeness (QED) is 0.0222. The molecule has 19 heteroatoms. The van der Waals surface area contributed by atoms with Crippen molar-refractivity contribution in [2.75, 3.05) is 39.6 Å². The smallest absolute Gasteiger partial charge is 0.462 e. The second-order valence-corrected chi connectivity index (χ2v) is 35.6. The van der Waals surface area contributed by atoms with Gasteiger partial charge >= 0.3 is 39.5 Å². The third-order valence-electron chi connectivity index (χ3n) is 21.3. The molecule has 642 valence electrons. The number of esters is 4. The van der Waals surface area contributed by atoms with Crippen molar-refractivity contribution in [1.29, 1.82) is 0 Å². The maximum absolute atomic E-state index is 13.2. The van der Waals surface area contributed by atoms with Crippen LogP contribution in [0.25, 0.3) is 0 Å². The van der Waals surface area contributed by atoms with Crippen LogP contribution < -0.4 is 0 Å². The molecule has 0 aromatic carbocycles. The van der Waals surface area contributed by atoms with Crippen molar-refractivity contribution in [3.05, 3.63) is 0 Å². The summed E-state index contributed by atoms with van der Waals surface area (Å²) in [6.45, 7) is 9.75. The van der Waals surface area contributed by atoms with E-state index in [1.165, 1.54) is 295 Å². The Labute approximate surface area is 664 Å². The fourth-order valence-corrected chi connectivity index (χ4v) is 15.5. The Morgan fingerprint density at radius 1 is 0.269 bits per heavy atom. The summed E-state index contributed by atoms with van der Waals surface area (Å²) in [7, 11) is -9.93. The van der Waals surface area contributed by atoms with Crippen LogP contribution in [0.2, 0.25) is 0 Å². The number of aliphatic hydroxyl groups excluding tert-OH is 1. The lowest BCUT2D eigenvalue weighted by Crippen LogP contribution is -2.30. The van der Waals surface area contributed by atoms with Gasteiger partial charge in [0.25, 0.3) is 0 Å². The maximum atomic E-state index is 13.2. The molecule has 0 aliphatic heterocycles. The van der Waals surface area contributed by atoms with Crippen LogP contribution in [0.15, 0.2) is 0 Å². The molecular formula is C89H174O17P2. The molecule has 0 fully saturated rings. The normalized spacial score (nSPS) is 14.0. The van der Waals surface area contributed by atoms with Gasteiger partial charge in [-0.25, -0.2) is 9.13 Å². The van der Waals surface area contributed by atoms with Crippen molar-refractivity contribution >= 4 is 39.5 Å². The van der Waals surface area contributed by atoms with Crippen molar-refractivity contribution in [2.24, 2.45) is 11.8 Å². The Morgan fingerprint density at radius 3 is 0.704 bits per heavy atom. The summed E-state index contributed by atoms with van der Waals surface area (Å²) in [5, 5.41) is 10.7. The van der Waals surface area contributed by atoms with Crippen LogP contribution in [0, 0.1) is 11.8 Å². The standard InChI is InChI=1S/C89H174O17P2/c1-7-10-12-14-16-18-19-20-21-22-23-24-25-29-32-37-42-48-54-60-66-72-87(92)100-78-85(106-88(93)73-67-61-55-49-43-38-33-30-27-26-28-31-36-41-47-52-58-64-70-82(6)9-3)80-104-108(97,98)102-76-83(90)75-101-107(95,96)103-79-84(77-99-86(91)71-65-59-53-45-17-15-13-11-8-2)105-89(94)74-68-62-56-50-44-39-34-35-40-46-51-57-63-69-81(4)5/h81-85,90H,7-80H2,1-6H3,(H,95,96)(H,97,98)/t82?,83-,84+,85+/m0/s1. The second kappa shape index (κ2) is 80.3. The van der Waals surface area contributed by atoms with Crippen LogP contribution in [0.4, 0.5) is 0 Å². The number of hydrogen-bond acceptors (Lipinski definition) is 15. The fraction of sp³-hybridized carbons (Fsp3) is 0.955. The van der Waals surface area contributed by atoms with Crippen molar-refractivity contribution in [1.82, 2.24) is 0 Å². The number of hydrogen-bond donors (Lipinski definition) is 3. The molecule has 0 radical (unpaired) electrons. The van der Waals surface area contributed by atoms with Gasteiger partial charge in [-0.1, -0.05) is 427 Å². The molecule has 0 heterocycles. The van der Waals surface area contributed by atoms with E-state index < -0.39 is 97.5 Å². The number of phosphoric ester groups is 2. The molecule has 0 saturated carbocycles. The first-order valence-corrected chi connectivity index (χ1v) is 49.0. The van der Waals surface area contributed by atoms with E-state index in [0.717, 1.165) is 102 Å². The molecule has 0 aromatic heterocycles. The first-order valence-electron chi connectivity index (χ1n) is 46.0. The van der Waals surface area contributed by atoms with Gasteiger partial charge in [-0.15, -0.1) is 0 Å². The number of unbranched alkanes of at least 4 members (excludes halogenated alkanes) is 57. The maximum Gasteiger partial charge on any atom is 0.472 e.